The number of ether oxygens (including phenoxy) is 2. The number of hydrogen-bond acceptors (Lipinski definition) is 6. The summed E-state index contributed by atoms with van der Waals surface area (Å²) in [6.45, 7) is 5.15. The molecule has 9 nitrogen and oxygen atoms in total. The van der Waals surface area contributed by atoms with Gasteiger partial charge in [-0.15, -0.1) is 0 Å². The van der Waals surface area contributed by atoms with Gasteiger partial charge in [-0.2, -0.15) is 0 Å². The number of rotatable bonds is 11. The van der Waals surface area contributed by atoms with Crippen molar-refractivity contribution >= 4 is 40.7 Å². The van der Waals surface area contributed by atoms with Crippen molar-refractivity contribution in [1.82, 2.24) is 16.2 Å². The predicted molar refractivity (Wildman–Crippen MR) is 134 cm³/mol. The second kappa shape index (κ2) is 14.5. The molecule has 0 bridgehead atoms. The second-order valence-corrected chi connectivity index (χ2v) is 7.60. The largest absolute Gasteiger partial charge is 0.494 e. The van der Waals surface area contributed by atoms with Crippen LogP contribution in [0.3, 0.4) is 0 Å². The summed E-state index contributed by atoms with van der Waals surface area (Å²) in [7, 11) is 0. The van der Waals surface area contributed by atoms with Crippen LogP contribution in [0.1, 0.15) is 49.9 Å². The Morgan fingerprint density at radius 1 is 0.824 bits per heavy atom. The SMILES string of the molecule is CCCCOc1ccc(C(=O)NC(=S)NNC(=O)CCC(=O)Nc2ccc(OCC)cc2)cc1. The van der Waals surface area contributed by atoms with E-state index in [0.29, 0.717) is 36.0 Å². The fourth-order valence-electron chi connectivity index (χ4n) is 2.68. The molecule has 0 aliphatic heterocycles. The molecule has 182 valence electrons. The van der Waals surface area contributed by atoms with E-state index in [-0.39, 0.29) is 23.9 Å². The molecule has 2 aromatic rings. The molecule has 0 saturated carbocycles. The Bertz CT molecular complexity index is 964. The summed E-state index contributed by atoms with van der Waals surface area (Å²) in [5.41, 5.74) is 5.81. The van der Waals surface area contributed by atoms with E-state index in [9.17, 15) is 14.4 Å². The summed E-state index contributed by atoms with van der Waals surface area (Å²) < 4.78 is 10.9. The minimum Gasteiger partial charge on any atom is -0.494 e. The van der Waals surface area contributed by atoms with Crippen molar-refractivity contribution in [2.45, 2.75) is 39.5 Å². The molecular weight excluding hydrogens is 456 g/mol. The van der Waals surface area contributed by atoms with Crippen LogP contribution in [0.25, 0.3) is 0 Å². The molecule has 0 heterocycles. The average molecular weight is 487 g/mol. The molecule has 2 rings (SSSR count). The highest BCUT2D eigenvalue weighted by molar-refractivity contribution is 7.80. The Hall–Kier alpha value is -3.66. The quantitative estimate of drug-likeness (QED) is 0.219. The van der Waals surface area contributed by atoms with E-state index < -0.39 is 11.8 Å². The first-order valence-corrected chi connectivity index (χ1v) is 11.5. The lowest BCUT2D eigenvalue weighted by molar-refractivity contribution is -0.124. The van der Waals surface area contributed by atoms with Gasteiger partial charge in [0, 0.05) is 24.1 Å². The van der Waals surface area contributed by atoms with E-state index in [1.54, 1.807) is 48.5 Å². The Morgan fingerprint density at radius 2 is 1.44 bits per heavy atom. The summed E-state index contributed by atoms with van der Waals surface area (Å²) in [4.78, 5) is 36.3. The number of thiocarbonyl (C=S) groups is 1. The van der Waals surface area contributed by atoms with Crippen LogP contribution in [0.5, 0.6) is 11.5 Å². The van der Waals surface area contributed by atoms with Crippen molar-refractivity contribution in [3.05, 3.63) is 54.1 Å². The summed E-state index contributed by atoms with van der Waals surface area (Å²) in [6, 6.07) is 13.6. The molecule has 0 saturated heterocycles. The smallest absolute Gasteiger partial charge is 0.257 e. The van der Waals surface area contributed by atoms with Gasteiger partial charge in [0.05, 0.1) is 13.2 Å². The summed E-state index contributed by atoms with van der Waals surface area (Å²) in [6.07, 6.45) is 1.91. The van der Waals surface area contributed by atoms with E-state index in [1.165, 1.54) is 0 Å². The highest BCUT2D eigenvalue weighted by Crippen LogP contribution is 2.16. The van der Waals surface area contributed by atoms with E-state index in [1.807, 2.05) is 6.92 Å². The maximum atomic E-state index is 12.3. The molecule has 2 aromatic carbocycles. The van der Waals surface area contributed by atoms with Crippen LogP contribution in [0.4, 0.5) is 5.69 Å². The molecule has 0 aromatic heterocycles. The lowest BCUT2D eigenvalue weighted by Gasteiger charge is -2.11. The highest BCUT2D eigenvalue weighted by atomic mass is 32.1. The normalized spacial score (nSPS) is 10.1. The van der Waals surface area contributed by atoms with Crippen LogP contribution >= 0.6 is 12.2 Å². The third-order valence-corrected chi connectivity index (χ3v) is 4.66. The Labute approximate surface area is 204 Å². The molecule has 0 fully saturated rings. The number of hydrogen-bond donors (Lipinski definition) is 4. The molecule has 0 radical (unpaired) electrons. The Morgan fingerprint density at radius 3 is 2.09 bits per heavy atom. The average Bonchev–Trinajstić information content (AvgIpc) is 2.83. The van der Waals surface area contributed by atoms with Crippen LogP contribution in [-0.2, 0) is 9.59 Å². The molecular formula is C24H30N4O5S. The summed E-state index contributed by atoms with van der Waals surface area (Å²) in [5, 5.41) is 5.11. The third-order valence-electron chi connectivity index (χ3n) is 4.45. The van der Waals surface area contributed by atoms with Gasteiger partial charge in [0.2, 0.25) is 11.8 Å². The van der Waals surface area contributed by atoms with Gasteiger partial charge >= 0.3 is 0 Å². The monoisotopic (exact) mass is 486 g/mol. The number of unbranched alkanes of at least 4 members (excludes halogenated alkanes) is 1. The fraction of sp³-hybridized carbons (Fsp3) is 0.333. The number of amides is 3. The summed E-state index contributed by atoms with van der Waals surface area (Å²) in [5.74, 6) is 0.206. The van der Waals surface area contributed by atoms with Gasteiger partial charge < -0.3 is 14.8 Å². The number of carbonyl (C=O) groups excluding carboxylic acids is 3. The van der Waals surface area contributed by atoms with Crippen molar-refractivity contribution in [3.63, 3.8) is 0 Å². The van der Waals surface area contributed by atoms with Gasteiger partial charge in [-0.05, 0) is 74.1 Å². The zero-order valence-electron chi connectivity index (χ0n) is 19.3. The number of hydrazine groups is 1. The maximum Gasteiger partial charge on any atom is 0.257 e. The lowest BCUT2D eigenvalue weighted by atomic mass is 10.2. The first-order valence-electron chi connectivity index (χ1n) is 11.1. The first-order chi connectivity index (χ1) is 16.4. The summed E-state index contributed by atoms with van der Waals surface area (Å²) >= 11 is 5.02. The molecule has 0 aliphatic rings. The number of anilines is 1. The van der Waals surface area contributed by atoms with Crippen LogP contribution in [0, 0.1) is 0 Å². The molecule has 0 atom stereocenters. The number of carbonyl (C=O) groups is 3. The molecule has 0 aliphatic carbocycles. The minimum atomic E-state index is -0.452. The van der Waals surface area contributed by atoms with Gasteiger partial charge in [0.25, 0.3) is 5.91 Å². The van der Waals surface area contributed by atoms with Gasteiger partial charge in [0.15, 0.2) is 5.11 Å². The molecule has 4 N–H and O–H groups in total. The standard InChI is InChI=1S/C24H30N4O5S/c1-3-5-16-33-20-10-6-17(7-11-20)23(31)26-24(34)28-27-22(30)15-14-21(29)25-18-8-12-19(13-9-18)32-4-2/h6-13H,3-5,14-16H2,1-2H3,(H,25,29)(H,27,30)(H2,26,28,31,34). The molecule has 0 spiro atoms. The van der Waals surface area contributed by atoms with E-state index >= 15 is 0 Å². The van der Waals surface area contributed by atoms with E-state index in [0.717, 1.165) is 12.8 Å². The first kappa shape index (κ1) is 26.6. The van der Waals surface area contributed by atoms with Crippen molar-refractivity contribution in [2.24, 2.45) is 0 Å². The topological polar surface area (TPSA) is 118 Å². The maximum absolute atomic E-state index is 12.3. The molecule has 0 unspecified atom stereocenters. The highest BCUT2D eigenvalue weighted by Gasteiger charge is 2.10. The third kappa shape index (κ3) is 9.86. The lowest BCUT2D eigenvalue weighted by Crippen LogP contribution is -2.48. The van der Waals surface area contributed by atoms with Gasteiger partial charge in [0.1, 0.15) is 11.5 Å². The van der Waals surface area contributed by atoms with Gasteiger partial charge in [-0.3, -0.25) is 30.6 Å². The number of benzene rings is 2. The number of nitrogens with one attached hydrogen (secondary N) is 4. The van der Waals surface area contributed by atoms with E-state index in [4.69, 9.17) is 21.7 Å². The molecule has 10 heteroatoms. The second-order valence-electron chi connectivity index (χ2n) is 7.19. The minimum absolute atomic E-state index is 0.0213. The van der Waals surface area contributed by atoms with Gasteiger partial charge in [-0.25, -0.2) is 0 Å². The van der Waals surface area contributed by atoms with Crippen LogP contribution in [0.2, 0.25) is 0 Å². The zero-order chi connectivity index (χ0) is 24.8. The van der Waals surface area contributed by atoms with Crippen LogP contribution in [0.15, 0.2) is 48.5 Å². The molecule has 34 heavy (non-hydrogen) atoms. The predicted octanol–water partition coefficient (Wildman–Crippen LogP) is 3.32. The van der Waals surface area contributed by atoms with Crippen LogP contribution in [-0.4, -0.2) is 36.0 Å². The van der Waals surface area contributed by atoms with Crippen molar-refractivity contribution in [3.8, 4) is 11.5 Å². The Kier molecular flexibility index (Phi) is 11.3. The van der Waals surface area contributed by atoms with E-state index in [2.05, 4.69) is 28.4 Å². The fourth-order valence-corrected chi connectivity index (χ4v) is 2.83. The zero-order valence-corrected chi connectivity index (χ0v) is 20.1. The van der Waals surface area contributed by atoms with Crippen molar-refractivity contribution < 1.29 is 23.9 Å². The Balaban J connectivity index is 1.66. The van der Waals surface area contributed by atoms with Crippen molar-refractivity contribution in [1.29, 1.82) is 0 Å². The van der Waals surface area contributed by atoms with Gasteiger partial charge in [-0.1, -0.05) is 13.3 Å². The van der Waals surface area contributed by atoms with Crippen LogP contribution < -0.4 is 31.0 Å². The molecule has 3 amide bonds. The van der Waals surface area contributed by atoms with Crippen molar-refractivity contribution in [2.75, 3.05) is 18.5 Å².